The highest BCUT2D eigenvalue weighted by Gasteiger charge is 2.22. The van der Waals surface area contributed by atoms with Crippen molar-refractivity contribution in [2.24, 2.45) is 11.7 Å². The smallest absolute Gasteiger partial charge is 0.202 e. The number of nitrogens with zero attached hydrogens (tertiary/aromatic N) is 2. The van der Waals surface area contributed by atoms with E-state index in [1.165, 1.54) is 6.42 Å². The molecule has 4 heteroatoms. The maximum absolute atomic E-state index is 5.59. The number of anilines is 1. The van der Waals surface area contributed by atoms with E-state index in [-0.39, 0.29) is 0 Å². The van der Waals surface area contributed by atoms with Gasteiger partial charge in [-0.1, -0.05) is 0 Å². The first-order valence-corrected chi connectivity index (χ1v) is 4.34. The molecule has 1 atom stereocenters. The maximum Gasteiger partial charge on any atom is 0.202 e. The highest BCUT2D eigenvalue weighted by atomic mass is 15.3. The van der Waals surface area contributed by atoms with E-state index < -0.39 is 0 Å². The van der Waals surface area contributed by atoms with Crippen molar-refractivity contribution >= 4 is 5.95 Å². The van der Waals surface area contributed by atoms with Crippen LogP contribution in [-0.2, 0) is 0 Å². The summed E-state index contributed by atoms with van der Waals surface area (Å²) >= 11 is 0. The average molecular weight is 166 g/mol. The van der Waals surface area contributed by atoms with Gasteiger partial charge in [0.1, 0.15) is 0 Å². The fraction of sp³-hybridized carbons (Fsp3) is 0.625. The third-order valence-corrected chi connectivity index (χ3v) is 2.40. The van der Waals surface area contributed by atoms with E-state index in [4.69, 9.17) is 5.73 Å². The molecule has 0 spiro atoms. The lowest BCUT2D eigenvalue weighted by molar-refractivity contribution is 0.602. The lowest BCUT2D eigenvalue weighted by atomic mass is 10.1. The van der Waals surface area contributed by atoms with Crippen LogP contribution in [0.25, 0.3) is 0 Å². The Morgan fingerprint density at radius 2 is 2.67 bits per heavy atom. The zero-order chi connectivity index (χ0) is 8.39. The molecule has 0 aromatic carbocycles. The van der Waals surface area contributed by atoms with Crippen molar-refractivity contribution in [1.82, 2.24) is 9.97 Å². The number of rotatable bonds is 2. The predicted molar refractivity (Wildman–Crippen MR) is 48.0 cm³/mol. The van der Waals surface area contributed by atoms with E-state index in [1.54, 1.807) is 6.20 Å². The summed E-state index contributed by atoms with van der Waals surface area (Å²) < 4.78 is 0. The molecule has 0 saturated carbocycles. The van der Waals surface area contributed by atoms with Crippen molar-refractivity contribution in [1.29, 1.82) is 0 Å². The first-order valence-electron chi connectivity index (χ1n) is 4.34. The van der Waals surface area contributed by atoms with Crippen LogP contribution in [0, 0.1) is 5.92 Å². The van der Waals surface area contributed by atoms with Crippen LogP contribution in [-0.4, -0.2) is 29.6 Å². The summed E-state index contributed by atoms with van der Waals surface area (Å²) in [4.78, 5) is 9.54. The van der Waals surface area contributed by atoms with Crippen LogP contribution in [0.3, 0.4) is 0 Å². The molecular formula is C8H14N4. The normalized spacial score (nSPS) is 23.4. The molecule has 66 valence electrons. The van der Waals surface area contributed by atoms with Crippen LogP contribution in [0.5, 0.6) is 0 Å². The van der Waals surface area contributed by atoms with E-state index in [1.807, 2.05) is 6.20 Å². The molecule has 1 aliphatic rings. The van der Waals surface area contributed by atoms with Gasteiger partial charge in [-0.3, -0.25) is 0 Å². The van der Waals surface area contributed by atoms with E-state index in [0.717, 1.165) is 25.6 Å². The van der Waals surface area contributed by atoms with Gasteiger partial charge < -0.3 is 15.6 Å². The number of hydrogen-bond donors (Lipinski definition) is 2. The maximum atomic E-state index is 5.59. The minimum atomic E-state index is 0.648. The lowest BCUT2D eigenvalue weighted by Crippen LogP contribution is -2.23. The van der Waals surface area contributed by atoms with E-state index >= 15 is 0 Å². The summed E-state index contributed by atoms with van der Waals surface area (Å²) in [5.41, 5.74) is 5.59. The highest BCUT2D eigenvalue weighted by molar-refractivity contribution is 5.30. The van der Waals surface area contributed by atoms with Crippen LogP contribution >= 0.6 is 0 Å². The Morgan fingerprint density at radius 1 is 1.75 bits per heavy atom. The van der Waals surface area contributed by atoms with Crippen molar-refractivity contribution in [2.75, 3.05) is 24.5 Å². The molecule has 3 N–H and O–H groups in total. The third kappa shape index (κ3) is 1.30. The molecule has 0 amide bonds. The zero-order valence-electron chi connectivity index (χ0n) is 7.03. The van der Waals surface area contributed by atoms with Gasteiger partial charge >= 0.3 is 0 Å². The molecule has 1 aliphatic heterocycles. The van der Waals surface area contributed by atoms with Gasteiger partial charge in [-0.25, -0.2) is 4.98 Å². The number of hydrogen-bond acceptors (Lipinski definition) is 3. The topological polar surface area (TPSA) is 57.9 Å². The summed E-state index contributed by atoms with van der Waals surface area (Å²) in [6.45, 7) is 2.91. The van der Waals surface area contributed by atoms with Crippen LogP contribution in [0.2, 0.25) is 0 Å². The van der Waals surface area contributed by atoms with Crippen molar-refractivity contribution in [3.05, 3.63) is 12.4 Å². The summed E-state index contributed by atoms with van der Waals surface area (Å²) in [6.07, 6.45) is 4.83. The second kappa shape index (κ2) is 3.15. The van der Waals surface area contributed by atoms with E-state index in [0.29, 0.717) is 5.92 Å². The first-order chi connectivity index (χ1) is 5.90. The standard InChI is InChI=1S/C8H14N4/c9-5-7-1-4-12(6-7)8-10-2-3-11-8/h2-3,7H,1,4-6,9H2,(H,10,11). The highest BCUT2D eigenvalue weighted by Crippen LogP contribution is 2.18. The molecule has 1 aromatic heterocycles. The largest absolute Gasteiger partial charge is 0.342 e. The van der Waals surface area contributed by atoms with Gasteiger partial charge in [-0.15, -0.1) is 0 Å². The van der Waals surface area contributed by atoms with Crippen LogP contribution in [0.1, 0.15) is 6.42 Å². The average Bonchev–Trinajstić information content (AvgIpc) is 2.75. The van der Waals surface area contributed by atoms with Crippen molar-refractivity contribution in [2.45, 2.75) is 6.42 Å². The fourth-order valence-corrected chi connectivity index (χ4v) is 1.65. The van der Waals surface area contributed by atoms with Gasteiger partial charge in [-0.05, 0) is 18.9 Å². The Hall–Kier alpha value is -1.03. The molecule has 0 radical (unpaired) electrons. The SMILES string of the molecule is NCC1CCN(c2ncc[nH]2)C1. The summed E-state index contributed by atoms with van der Waals surface area (Å²) in [6, 6.07) is 0. The van der Waals surface area contributed by atoms with Crippen molar-refractivity contribution < 1.29 is 0 Å². The Bertz CT molecular complexity index is 231. The molecule has 4 nitrogen and oxygen atoms in total. The number of aromatic amines is 1. The van der Waals surface area contributed by atoms with Gasteiger partial charge in [0.05, 0.1) is 0 Å². The predicted octanol–water partition coefficient (Wildman–Crippen LogP) is 0.195. The van der Waals surface area contributed by atoms with Gasteiger partial charge in [0, 0.05) is 25.5 Å². The van der Waals surface area contributed by atoms with E-state index in [9.17, 15) is 0 Å². The number of nitrogens with one attached hydrogen (secondary N) is 1. The fourth-order valence-electron chi connectivity index (χ4n) is 1.65. The molecule has 1 aromatic rings. The van der Waals surface area contributed by atoms with Crippen molar-refractivity contribution in [3.8, 4) is 0 Å². The monoisotopic (exact) mass is 166 g/mol. The second-order valence-corrected chi connectivity index (χ2v) is 3.25. The van der Waals surface area contributed by atoms with Crippen LogP contribution in [0.15, 0.2) is 12.4 Å². The molecule has 1 unspecified atom stereocenters. The molecule has 2 rings (SSSR count). The third-order valence-electron chi connectivity index (χ3n) is 2.40. The van der Waals surface area contributed by atoms with Crippen LogP contribution in [0.4, 0.5) is 5.95 Å². The summed E-state index contributed by atoms with van der Waals surface area (Å²) in [7, 11) is 0. The van der Waals surface area contributed by atoms with Gasteiger partial charge in [0.25, 0.3) is 0 Å². The number of aromatic nitrogens is 2. The number of imidazole rings is 1. The van der Waals surface area contributed by atoms with Gasteiger partial charge in [-0.2, -0.15) is 0 Å². The molecule has 12 heavy (non-hydrogen) atoms. The molecule has 1 fully saturated rings. The molecule has 1 saturated heterocycles. The molecule has 2 heterocycles. The van der Waals surface area contributed by atoms with Gasteiger partial charge in [0.2, 0.25) is 5.95 Å². The number of nitrogens with two attached hydrogens (primary N) is 1. The number of H-pyrrole nitrogens is 1. The minimum Gasteiger partial charge on any atom is -0.342 e. The van der Waals surface area contributed by atoms with Crippen molar-refractivity contribution in [3.63, 3.8) is 0 Å². The molecule has 0 bridgehead atoms. The molecule has 0 aliphatic carbocycles. The molecular weight excluding hydrogens is 152 g/mol. The summed E-state index contributed by atoms with van der Waals surface area (Å²) in [5.74, 6) is 1.63. The Kier molecular flexibility index (Phi) is 1.99. The quantitative estimate of drug-likeness (QED) is 0.659. The Balaban J connectivity index is 2.00. The zero-order valence-corrected chi connectivity index (χ0v) is 7.03. The lowest BCUT2D eigenvalue weighted by Gasteiger charge is -2.13. The first kappa shape index (κ1) is 7.61. The van der Waals surface area contributed by atoms with E-state index in [2.05, 4.69) is 14.9 Å². The second-order valence-electron chi connectivity index (χ2n) is 3.25. The summed E-state index contributed by atoms with van der Waals surface area (Å²) in [5, 5.41) is 0. The minimum absolute atomic E-state index is 0.648. The van der Waals surface area contributed by atoms with Gasteiger partial charge in [0.15, 0.2) is 0 Å². The van der Waals surface area contributed by atoms with Crippen LogP contribution < -0.4 is 10.6 Å². The Morgan fingerprint density at radius 3 is 3.25 bits per heavy atom. The Labute approximate surface area is 71.8 Å².